The van der Waals surface area contributed by atoms with Crippen molar-refractivity contribution in [2.75, 3.05) is 11.1 Å². The molecule has 0 radical (unpaired) electrons. The van der Waals surface area contributed by atoms with Crippen LogP contribution >= 0.6 is 0 Å². The first-order valence-corrected chi connectivity index (χ1v) is 7.09. The number of hydrogen-bond donors (Lipinski definition) is 2. The number of rotatable bonds is 2. The van der Waals surface area contributed by atoms with Crippen LogP contribution in [0.4, 0.5) is 15.8 Å². The van der Waals surface area contributed by atoms with Gasteiger partial charge in [0.05, 0.1) is 11.6 Å². The van der Waals surface area contributed by atoms with Crippen LogP contribution in [0.15, 0.2) is 42.5 Å². The van der Waals surface area contributed by atoms with Crippen molar-refractivity contribution in [3.05, 3.63) is 59.4 Å². The molecule has 2 aromatic carbocycles. The molecule has 0 saturated carbocycles. The molecule has 0 saturated heterocycles. The number of nitrogens with one attached hydrogen (secondary N) is 1. The third kappa shape index (κ3) is 2.61. The lowest BCUT2D eigenvalue weighted by molar-refractivity contribution is -0.117. The van der Waals surface area contributed by atoms with E-state index in [1.807, 2.05) is 24.3 Å². The van der Waals surface area contributed by atoms with E-state index in [0.717, 1.165) is 24.8 Å². The molecule has 3 nitrogen and oxygen atoms in total. The third-order valence-corrected chi connectivity index (χ3v) is 3.98. The van der Waals surface area contributed by atoms with E-state index in [-0.39, 0.29) is 23.2 Å². The second-order valence-corrected chi connectivity index (χ2v) is 5.34. The second-order valence-electron chi connectivity index (χ2n) is 5.34. The van der Waals surface area contributed by atoms with E-state index >= 15 is 0 Å². The van der Waals surface area contributed by atoms with Crippen LogP contribution in [0, 0.1) is 5.82 Å². The van der Waals surface area contributed by atoms with Crippen LogP contribution in [0.25, 0.3) is 0 Å². The van der Waals surface area contributed by atoms with Gasteiger partial charge in [-0.15, -0.1) is 0 Å². The highest BCUT2D eigenvalue weighted by molar-refractivity contribution is 5.98. The number of benzene rings is 2. The predicted octanol–water partition coefficient (Wildman–Crippen LogP) is 3.47. The lowest BCUT2D eigenvalue weighted by Crippen LogP contribution is -2.25. The minimum Gasteiger partial charge on any atom is -0.397 e. The van der Waals surface area contributed by atoms with Gasteiger partial charge < -0.3 is 11.1 Å². The fraction of sp³-hybridized carbons (Fsp3) is 0.235. The topological polar surface area (TPSA) is 55.1 Å². The first-order chi connectivity index (χ1) is 10.2. The highest BCUT2D eigenvalue weighted by atomic mass is 19.1. The average molecular weight is 284 g/mol. The highest BCUT2D eigenvalue weighted by Crippen LogP contribution is 2.33. The lowest BCUT2D eigenvalue weighted by Gasteiger charge is -2.25. The Morgan fingerprint density at radius 1 is 1.19 bits per heavy atom. The second kappa shape index (κ2) is 5.56. The number of hydrogen-bond acceptors (Lipinski definition) is 2. The zero-order chi connectivity index (χ0) is 14.8. The van der Waals surface area contributed by atoms with E-state index in [1.165, 1.54) is 17.7 Å². The van der Waals surface area contributed by atoms with Crippen LogP contribution in [-0.2, 0) is 11.2 Å². The molecule has 0 spiro atoms. The van der Waals surface area contributed by atoms with Gasteiger partial charge in [0.1, 0.15) is 11.5 Å². The molecule has 0 heterocycles. The van der Waals surface area contributed by atoms with Crippen LogP contribution in [0.1, 0.15) is 29.9 Å². The molecule has 1 unspecified atom stereocenters. The van der Waals surface area contributed by atoms with Crippen LogP contribution < -0.4 is 11.1 Å². The molecule has 1 aliphatic rings. The van der Waals surface area contributed by atoms with Gasteiger partial charge in [-0.05, 0) is 42.5 Å². The number of nitrogen functional groups attached to an aromatic ring is 1. The summed E-state index contributed by atoms with van der Waals surface area (Å²) in [7, 11) is 0. The van der Waals surface area contributed by atoms with Crippen molar-refractivity contribution in [2.24, 2.45) is 0 Å². The molecule has 0 fully saturated rings. The Morgan fingerprint density at radius 2 is 2.00 bits per heavy atom. The number of carbonyl (C=O) groups excluding carboxylic acids is 1. The number of amides is 1. The molecule has 3 rings (SSSR count). The van der Waals surface area contributed by atoms with Crippen molar-refractivity contribution in [3.63, 3.8) is 0 Å². The molecule has 0 aromatic heterocycles. The Kier molecular flexibility index (Phi) is 3.60. The molecule has 2 aromatic rings. The van der Waals surface area contributed by atoms with Gasteiger partial charge >= 0.3 is 0 Å². The van der Waals surface area contributed by atoms with Crippen molar-refractivity contribution in [3.8, 4) is 0 Å². The fourth-order valence-electron chi connectivity index (χ4n) is 2.91. The molecule has 1 atom stereocenters. The van der Waals surface area contributed by atoms with E-state index in [9.17, 15) is 9.18 Å². The minimum absolute atomic E-state index is 0.0746. The monoisotopic (exact) mass is 284 g/mol. The highest BCUT2D eigenvalue weighted by Gasteiger charge is 2.27. The Balaban J connectivity index is 1.87. The van der Waals surface area contributed by atoms with Crippen molar-refractivity contribution in [1.29, 1.82) is 0 Å². The number of nitrogens with two attached hydrogens (primary N) is 1. The number of para-hydroxylation sites is 1. The van der Waals surface area contributed by atoms with Crippen molar-refractivity contribution >= 4 is 17.3 Å². The summed E-state index contributed by atoms with van der Waals surface area (Å²) in [6.07, 6.45) is 2.72. The number of halogens is 1. The van der Waals surface area contributed by atoms with Gasteiger partial charge in [-0.1, -0.05) is 30.3 Å². The number of fused-ring (bicyclic) bond motifs is 1. The van der Waals surface area contributed by atoms with Gasteiger partial charge in [0.2, 0.25) is 5.91 Å². The Hall–Kier alpha value is -2.36. The van der Waals surface area contributed by atoms with Crippen molar-refractivity contribution < 1.29 is 9.18 Å². The normalized spacial score (nSPS) is 17.1. The lowest BCUT2D eigenvalue weighted by atomic mass is 9.82. The third-order valence-electron chi connectivity index (χ3n) is 3.98. The van der Waals surface area contributed by atoms with Crippen LogP contribution in [0.5, 0.6) is 0 Å². The molecule has 21 heavy (non-hydrogen) atoms. The standard InChI is InChI=1S/C17H17FN2O/c18-14-9-4-10-15(19)16(14)20-17(21)13-8-3-6-11-5-1-2-7-12(11)13/h1-2,4-5,7,9-10,13H,3,6,8,19H2,(H,20,21). The summed E-state index contributed by atoms with van der Waals surface area (Å²) < 4.78 is 13.8. The Morgan fingerprint density at radius 3 is 2.81 bits per heavy atom. The summed E-state index contributed by atoms with van der Waals surface area (Å²) in [5.74, 6) is -0.944. The molecule has 0 aliphatic heterocycles. The van der Waals surface area contributed by atoms with Gasteiger partial charge in [0, 0.05) is 0 Å². The van der Waals surface area contributed by atoms with Gasteiger partial charge in [-0.25, -0.2) is 4.39 Å². The van der Waals surface area contributed by atoms with E-state index in [1.54, 1.807) is 6.07 Å². The molecular weight excluding hydrogens is 267 g/mol. The first kappa shape index (κ1) is 13.6. The van der Waals surface area contributed by atoms with Gasteiger partial charge in [-0.3, -0.25) is 4.79 Å². The SMILES string of the molecule is Nc1cccc(F)c1NC(=O)C1CCCc2ccccc21. The average Bonchev–Trinajstić information content (AvgIpc) is 2.50. The quantitative estimate of drug-likeness (QED) is 0.830. The molecule has 1 amide bonds. The number of carbonyl (C=O) groups is 1. The number of aryl methyl sites for hydroxylation is 1. The predicted molar refractivity (Wildman–Crippen MR) is 81.6 cm³/mol. The molecule has 108 valence electrons. The minimum atomic E-state index is -0.507. The van der Waals surface area contributed by atoms with E-state index in [4.69, 9.17) is 5.73 Å². The Labute approximate surface area is 123 Å². The first-order valence-electron chi connectivity index (χ1n) is 7.09. The fourth-order valence-corrected chi connectivity index (χ4v) is 2.91. The summed E-state index contributed by atoms with van der Waals surface area (Å²) >= 11 is 0. The Bertz CT molecular complexity index is 664. The smallest absolute Gasteiger partial charge is 0.232 e. The van der Waals surface area contributed by atoms with Gasteiger partial charge in [0.15, 0.2) is 0 Å². The summed E-state index contributed by atoms with van der Waals surface area (Å²) in [5.41, 5.74) is 8.29. The maximum Gasteiger partial charge on any atom is 0.232 e. The summed E-state index contributed by atoms with van der Waals surface area (Å²) in [5, 5.41) is 2.65. The van der Waals surface area contributed by atoms with Crippen LogP contribution in [-0.4, -0.2) is 5.91 Å². The molecule has 0 bridgehead atoms. The van der Waals surface area contributed by atoms with Crippen molar-refractivity contribution in [2.45, 2.75) is 25.2 Å². The zero-order valence-corrected chi connectivity index (χ0v) is 11.6. The largest absolute Gasteiger partial charge is 0.397 e. The van der Waals surface area contributed by atoms with Gasteiger partial charge in [0.25, 0.3) is 0 Å². The van der Waals surface area contributed by atoms with E-state index in [0.29, 0.717) is 0 Å². The van der Waals surface area contributed by atoms with Crippen molar-refractivity contribution in [1.82, 2.24) is 0 Å². The molecule has 3 N–H and O–H groups in total. The van der Waals surface area contributed by atoms with E-state index < -0.39 is 5.82 Å². The maximum atomic E-state index is 13.8. The zero-order valence-electron chi connectivity index (χ0n) is 11.6. The summed E-state index contributed by atoms with van der Waals surface area (Å²) in [6, 6.07) is 12.3. The molecular formula is C17H17FN2O. The number of anilines is 2. The summed E-state index contributed by atoms with van der Waals surface area (Å²) in [6.45, 7) is 0. The van der Waals surface area contributed by atoms with Gasteiger partial charge in [-0.2, -0.15) is 0 Å². The maximum absolute atomic E-state index is 13.8. The molecule has 1 aliphatic carbocycles. The van der Waals surface area contributed by atoms with Crippen LogP contribution in [0.3, 0.4) is 0 Å². The van der Waals surface area contributed by atoms with Crippen LogP contribution in [0.2, 0.25) is 0 Å². The molecule has 4 heteroatoms. The van der Waals surface area contributed by atoms with E-state index in [2.05, 4.69) is 5.32 Å². The summed E-state index contributed by atoms with van der Waals surface area (Å²) in [4.78, 5) is 12.5.